The van der Waals surface area contributed by atoms with E-state index in [0.717, 1.165) is 11.3 Å². The quantitative estimate of drug-likeness (QED) is 0.908. The van der Waals surface area contributed by atoms with Gasteiger partial charge in [-0.3, -0.25) is 9.59 Å². The number of thiophene rings is 1. The summed E-state index contributed by atoms with van der Waals surface area (Å²) in [5.74, 6) is -0.0208. The van der Waals surface area contributed by atoms with Gasteiger partial charge in [0.2, 0.25) is 11.8 Å². The monoisotopic (exact) mass is 342 g/mol. The molecule has 1 aromatic heterocycles. The van der Waals surface area contributed by atoms with E-state index in [1.54, 1.807) is 23.3 Å². The van der Waals surface area contributed by atoms with E-state index in [2.05, 4.69) is 17.4 Å². The molecule has 0 bridgehead atoms. The van der Waals surface area contributed by atoms with Crippen LogP contribution in [0.5, 0.6) is 0 Å². The predicted octanol–water partition coefficient (Wildman–Crippen LogP) is 3.02. The van der Waals surface area contributed by atoms with Crippen LogP contribution in [0.2, 0.25) is 0 Å². The average molecular weight is 342 g/mol. The maximum Gasteiger partial charge on any atom is 0.225 e. The van der Waals surface area contributed by atoms with Crippen molar-refractivity contribution >= 4 is 23.2 Å². The molecule has 1 aliphatic rings. The van der Waals surface area contributed by atoms with Crippen LogP contribution in [0, 0.1) is 5.92 Å². The number of piperidine rings is 1. The van der Waals surface area contributed by atoms with Gasteiger partial charge in [-0.15, -0.1) is 11.3 Å². The lowest BCUT2D eigenvalue weighted by molar-refractivity contribution is -0.141. The summed E-state index contributed by atoms with van der Waals surface area (Å²) in [5.41, 5.74) is 1.21. The molecule has 0 unspecified atom stereocenters. The Labute approximate surface area is 146 Å². The Morgan fingerprint density at radius 1 is 1.25 bits per heavy atom. The Hall–Kier alpha value is -2.14. The predicted molar refractivity (Wildman–Crippen MR) is 95.7 cm³/mol. The average Bonchev–Trinajstić information content (AvgIpc) is 3.12. The Morgan fingerprint density at radius 2 is 2.04 bits per heavy atom. The van der Waals surface area contributed by atoms with Gasteiger partial charge in [-0.1, -0.05) is 36.4 Å². The molecular formula is C19H22N2O2S. The van der Waals surface area contributed by atoms with Gasteiger partial charge in [0.25, 0.3) is 0 Å². The number of likely N-dealkylation sites (tertiary alicyclic amines) is 1. The van der Waals surface area contributed by atoms with Gasteiger partial charge in [0, 0.05) is 24.9 Å². The van der Waals surface area contributed by atoms with Crippen LogP contribution in [0.4, 0.5) is 0 Å². The summed E-state index contributed by atoms with van der Waals surface area (Å²) in [7, 11) is 1.80. The van der Waals surface area contributed by atoms with E-state index < -0.39 is 0 Å². The lowest BCUT2D eigenvalue weighted by Gasteiger charge is -2.37. The topological polar surface area (TPSA) is 49.4 Å². The van der Waals surface area contributed by atoms with Crippen molar-refractivity contribution in [3.8, 4) is 0 Å². The maximum atomic E-state index is 12.7. The van der Waals surface area contributed by atoms with Crippen molar-refractivity contribution in [1.29, 1.82) is 0 Å². The van der Waals surface area contributed by atoms with Gasteiger partial charge in [0.05, 0.1) is 12.0 Å². The molecular weight excluding hydrogens is 320 g/mol. The summed E-state index contributed by atoms with van der Waals surface area (Å²) in [4.78, 5) is 27.6. The summed E-state index contributed by atoms with van der Waals surface area (Å²) >= 11 is 1.60. The van der Waals surface area contributed by atoms with Crippen molar-refractivity contribution in [1.82, 2.24) is 10.2 Å². The molecule has 1 aliphatic heterocycles. The first kappa shape index (κ1) is 16.7. The van der Waals surface area contributed by atoms with E-state index in [4.69, 9.17) is 0 Å². The second-order valence-corrected chi connectivity index (χ2v) is 7.12. The maximum absolute atomic E-state index is 12.7. The van der Waals surface area contributed by atoms with Crippen LogP contribution in [0.1, 0.15) is 29.3 Å². The fourth-order valence-electron chi connectivity index (χ4n) is 3.27. The molecule has 0 spiro atoms. The lowest BCUT2D eigenvalue weighted by atomic mass is 9.87. The number of nitrogens with zero attached hydrogens (tertiary/aromatic N) is 1. The third-order valence-electron chi connectivity index (χ3n) is 4.59. The Bertz CT molecular complexity index is 685. The highest BCUT2D eigenvalue weighted by molar-refractivity contribution is 7.10. The van der Waals surface area contributed by atoms with Gasteiger partial charge >= 0.3 is 0 Å². The number of hydrogen-bond acceptors (Lipinski definition) is 3. The Balaban J connectivity index is 1.64. The van der Waals surface area contributed by atoms with Crippen molar-refractivity contribution < 1.29 is 9.59 Å². The van der Waals surface area contributed by atoms with Gasteiger partial charge in [-0.2, -0.15) is 0 Å². The van der Waals surface area contributed by atoms with E-state index in [1.807, 2.05) is 35.7 Å². The molecule has 3 rings (SSSR count). The summed E-state index contributed by atoms with van der Waals surface area (Å²) in [6.07, 6.45) is 1.87. The number of hydrogen-bond donors (Lipinski definition) is 1. The highest BCUT2D eigenvalue weighted by Gasteiger charge is 2.39. The number of rotatable bonds is 5. The molecule has 0 radical (unpaired) electrons. The molecule has 24 heavy (non-hydrogen) atoms. The molecule has 4 nitrogen and oxygen atoms in total. The molecule has 1 saturated heterocycles. The van der Waals surface area contributed by atoms with E-state index in [9.17, 15) is 9.59 Å². The standard InChI is InChI=1S/C19H22N2O2S/c1-21-17(22)10-9-15(18(21)16-8-5-13-24-16)19(23)20-12-11-14-6-3-2-4-7-14/h2-8,13,15,18H,9-12H2,1H3,(H,20,23)/t15-,18-/m1/s1. The molecule has 1 N–H and O–H groups in total. The molecule has 1 aromatic carbocycles. The SMILES string of the molecule is CN1C(=O)CC[C@@H](C(=O)NCCc2ccccc2)[C@@H]1c1cccs1. The van der Waals surface area contributed by atoms with Crippen molar-refractivity contribution in [3.63, 3.8) is 0 Å². The van der Waals surface area contributed by atoms with Gasteiger partial charge in [0.1, 0.15) is 0 Å². The van der Waals surface area contributed by atoms with E-state index in [1.165, 1.54) is 5.56 Å². The molecule has 2 heterocycles. The van der Waals surface area contributed by atoms with E-state index >= 15 is 0 Å². The van der Waals surface area contributed by atoms with Crippen molar-refractivity contribution in [3.05, 3.63) is 58.3 Å². The van der Waals surface area contributed by atoms with Crippen LogP contribution < -0.4 is 5.32 Å². The van der Waals surface area contributed by atoms with Crippen LogP contribution in [0.25, 0.3) is 0 Å². The fraction of sp³-hybridized carbons (Fsp3) is 0.368. The van der Waals surface area contributed by atoms with Gasteiger partial charge in [-0.25, -0.2) is 0 Å². The Morgan fingerprint density at radius 3 is 2.75 bits per heavy atom. The lowest BCUT2D eigenvalue weighted by Crippen LogP contribution is -2.46. The fourth-order valence-corrected chi connectivity index (χ4v) is 4.20. The molecule has 126 valence electrons. The van der Waals surface area contributed by atoms with Crippen LogP contribution in [0.15, 0.2) is 47.8 Å². The minimum atomic E-state index is -0.179. The normalized spacial score (nSPS) is 20.9. The first-order valence-corrected chi connectivity index (χ1v) is 9.15. The number of nitrogens with one attached hydrogen (secondary N) is 1. The first-order valence-electron chi connectivity index (χ1n) is 8.27. The third-order valence-corrected chi connectivity index (χ3v) is 5.53. The second kappa shape index (κ2) is 7.62. The third kappa shape index (κ3) is 3.67. The zero-order valence-corrected chi connectivity index (χ0v) is 14.6. The second-order valence-electron chi connectivity index (χ2n) is 6.14. The molecule has 2 amide bonds. The van der Waals surface area contributed by atoms with Gasteiger partial charge in [-0.05, 0) is 29.9 Å². The Kier molecular flexibility index (Phi) is 5.30. The highest BCUT2D eigenvalue weighted by Crippen LogP contribution is 2.37. The highest BCUT2D eigenvalue weighted by atomic mass is 32.1. The number of carbonyl (C=O) groups excluding carboxylic acids is 2. The molecule has 0 saturated carbocycles. The molecule has 2 atom stereocenters. The number of carbonyl (C=O) groups is 2. The summed E-state index contributed by atoms with van der Waals surface area (Å²) in [6, 6.07) is 14.0. The van der Waals surface area contributed by atoms with Crippen LogP contribution in [-0.4, -0.2) is 30.3 Å². The minimum absolute atomic E-state index is 0.0451. The molecule has 1 fully saturated rings. The first-order chi connectivity index (χ1) is 11.7. The van der Waals surface area contributed by atoms with Crippen LogP contribution >= 0.6 is 11.3 Å². The molecule has 5 heteroatoms. The van der Waals surface area contributed by atoms with E-state index in [0.29, 0.717) is 19.4 Å². The smallest absolute Gasteiger partial charge is 0.225 e. The zero-order chi connectivity index (χ0) is 16.9. The van der Waals surface area contributed by atoms with Crippen LogP contribution in [0.3, 0.4) is 0 Å². The van der Waals surface area contributed by atoms with E-state index in [-0.39, 0.29) is 23.8 Å². The summed E-state index contributed by atoms with van der Waals surface area (Å²) in [6.45, 7) is 0.619. The molecule has 2 aromatic rings. The van der Waals surface area contributed by atoms with Crippen molar-refractivity contribution in [2.24, 2.45) is 5.92 Å². The van der Waals surface area contributed by atoms with Crippen LogP contribution in [-0.2, 0) is 16.0 Å². The molecule has 0 aliphatic carbocycles. The minimum Gasteiger partial charge on any atom is -0.355 e. The summed E-state index contributed by atoms with van der Waals surface area (Å²) < 4.78 is 0. The zero-order valence-electron chi connectivity index (χ0n) is 13.8. The van der Waals surface area contributed by atoms with Gasteiger partial charge in [0.15, 0.2) is 0 Å². The van der Waals surface area contributed by atoms with Gasteiger partial charge < -0.3 is 10.2 Å². The number of benzene rings is 1. The largest absolute Gasteiger partial charge is 0.355 e. The van der Waals surface area contributed by atoms with Crippen molar-refractivity contribution in [2.45, 2.75) is 25.3 Å². The number of amides is 2. The summed E-state index contributed by atoms with van der Waals surface area (Å²) in [5, 5.41) is 5.05. The van der Waals surface area contributed by atoms with Crippen molar-refractivity contribution in [2.75, 3.05) is 13.6 Å².